The molecule has 5 heteroatoms. The van der Waals surface area contributed by atoms with Crippen LogP contribution >= 0.6 is 0 Å². The van der Waals surface area contributed by atoms with Gasteiger partial charge >= 0.3 is 0 Å². The summed E-state index contributed by atoms with van der Waals surface area (Å²) in [6.45, 7) is 4.54. The third-order valence-corrected chi connectivity index (χ3v) is 2.32. The van der Waals surface area contributed by atoms with E-state index in [1.807, 2.05) is 13.0 Å². The highest BCUT2D eigenvalue weighted by Gasteiger charge is 2.02. The lowest BCUT2D eigenvalue weighted by Crippen LogP contribution is -2.03. The van der Waals surface area contributed by atoms with Gasteiger partial charge in [0.15, 0.2) is 0 Å². The Kier molecular flexibility index (Phi) is 3.69. The number of oxazole rings is 1. The Morgan fingerprint density at radius 3 is 2.88 bits per heavy atom. The van der Waals surface area contributed by atoms with E-state index in [0.29, 0.717) is 12.4 Å². The lowest BCUT2D eigenvalue weighted by atomic mass is 10.2. The summed E-state index contributed by atoms with van der Waals surface area (Å²) in [5, 5.41) is 3.17. The van der Waals surface area contributed by atoms with Crippen LogP contribution in [0.4, 0.5) is 5.82 Å². The van der Waals surface area contributed by atoms with E-state index in [4.69, 9.17) is 4.42 Å². The van der Waals surface area contributed by atoms with E-state index in [0.717, 1.165) is 30.1 Å². The summed E-state index contributed by atoms with van der Waals surface area (Å²) >= 11 is 0. The van der Waals surface area contributed by atoms with Gasteiger partial charge in [0.05, 0.1) is 12.7 Å². The van der Waals surface area contributed by atoms with Crippen LogP contribution in [-0.4, -0.2) is 15.0 Å². The predicted octanol–water partition coefficient (Wildman–Crippen LogP) is 2.34. The van der Waals surface area contributed by atoms with Gasteiger partial charge in [-0.1, -0.05) is 13.3 Å². The molecule has 0 amide bonds. The second-order valence-corrected chi connectivity index (χ2v) is 3.86. The molecule has 5 nitrogen and oxygen atoms in total. The van der Waals surface area contributed by atoms with Crippen molar-refractivity contribution in [3.8, 4) is 0 Å². The van der Waals surface area contributed by atoms with Crippen LogP contribution in [0, 0.1) is 6.92 Å². The van der Waals surface area contributed by atoms with Crippen molar-refractivity contribution in [3.63, 3.8) is 0 Å². The van der Waals surface area contributed by atoms with Crippen LogP contribution in [-0.2, 0) is 13.0 Å². The summed E-state index contributed by atoms with van der Waals surface area (Å²) in [6, 6.07) is 1.96. The predicted molar refractivity (Wildman–Crippen MR) is 64.6 cm³/mol. The van der Waals surface area contributed by atoms with Crippen LogP contribution in [0.2, 0.25) is 0 Å². The van der Waals surface area contributed by atoms with Crippen molar-refractivity contribution in [2.45, 2.75) is 33.2 Å². The molecule has 0 saturated carbocycles. The topological polar surface area (TPSA) is 63.8 Å². The first-order valence-corrected chi connectivity index (χ1v) is 5.74. The largest absolute Gasteiger partial charge is 0.444 e. The van der Waals surface area contributed by atoms with E-state index < -0.39 is 0 Å². The minimum atomic E-state index is 0.538. The van der Waals surface area contributed by atoms with Gasteiger partial charge in [0.1, 0.15) is 17.9 Å². The highest BCUT2D eigenvalue weighted by atomic mass is 16.4. The molecule has 2 aromatic heterocycles. The summed E-state index contributed by atoms with van der Waals surface area (Å²) in [5.74, 6) is 2.29. The summed E-state index contributed by atoms with van der Waals surface area (Å²) < 4.78 is 5.37. The van der Waals surface area contributed by atoms with E-state index in [2.05, 4.69) is 27.2 Å². The van der Waals surface area contributed by atoms with Gasteiger partial charge in [-0.05, 0) is 13.3 Å². The molecule has 0 aliphatic rings. The minimum absolute atomic E-state index is 0.538. The first-order chi connectivity index (χ1) is 8.28. The van der Waals surface area contributed by atoms with Crippen LogP contribution in [0.3, 0.4) is 0 Å². The van der Waals surface area contributed by atoms with Crippen LogP contribution in [0.15, 0.2) is 23.0 Å². The summed E-state index contributed by atoms with van der Waals surface area (Å²) in [4.78, 5) is 12.5. The zero-order chi connectivity index (χ0) is 12.1. The Balaban J connectivity index is 1.96. The summed E-state index contributed by atoms with van der Waals surface area (Å²) in [5.41, 5.74) is 1.05. The minimum Gasteiger partial charge on any atom is -0.444 e. The molecule has 17 heavy (non-hydrogen) atoms. The van der Waals surface area contributed by atoms with Gasteiger partial charge in [0.25, 0.3) is 0 Å². The van der Waals surface area contributed by atoms with Gasteiger partial charge < -0.3 is 9.73 Å². The number of rotatable bonds is 5. The van der Waals surface area contributed by atoms with Gasteiger partial charge in [-0.25, -0.2) is 15.0 Å². The third-order valence-electron chi connectivity index (χ3n) is 2.32. The van der Waals surface area contributed by atoms with Crippen molar-refractivity contribution in [1.82, 2.24) is 15.0 Å². The molecule has 2 aromatic rings. The van der Waals surface area contributed by atoms with Crippen molar-refractivity contribution >= 4 is 5.82 Å². The van der Waals surface area contributed by atoms with Gasteiger partial charge in [0.2, 0.25) is 5.89 Å². The maximum Gasteiger partial charge on any atom is 0.213 e. The monoisotopic (exact) mass is 232 g/mol. The van der Waals surface area contributed by atoms with Crippen LogP contribution < -0.4 is 5.32 Å². The number of anilines is 1. The van der Waals surface area contributed by atoms with Crippen molar-refractivity contribution in [2.24, 2.45) is 0 Å². The number of nitrogens with zero attached hydrogens (tertiary/aromatic N) is 3. The summed E-state index contributed by atoms with van der Waals surface area (Å²) in [6.07, 6.45) is 5.33. The standard InChI is InChI=1S/C12H16N4O/c1-3-4-10-5-11(16-8-15-10)13-7-12-14-6-9(2)17-12/h5-6,8H,3-4,7H2,1-2H3,(H,13,15,16). The van der Waals surface area contributed by atoms with Crippen molar-refractivity contribution in [1.29, 1.82) is 0 Å². The first-order valence-electron chi connectivity index (χ1n) is 5.74. The second kappa shape index (κ2) is 5.43. The summed E-state index contributed by atoms with van der Waals surface area (Å²) in [7, 11) is 0. The maximum absolute atomic E-state index is 5.37. The van der Waals surface area contributed by atoms with Crippen LogP contribution in [0.5, 0.6) is 0 Å². The molecule has 0 saturated heterocycles. The highest BCUT2D eigenvalue weighted by Crippen LogP contribution is 2.08. The third kappa shape index (κ3) is 3.27. The Morgan fingerprint density at radius 2 is 2.18 bits per heavy atom. The lowest BCUT2D eigenvalue weighted by molar-refractivity contribution is 0.479. The van der Waals surface area contributed by atoms with Crippen molar-refractivity contribution < 1.29 is 4.42 Å². The average molecular weight is 232 g/mol. The lowest BCUT2D eigenvalue weighted by Gasteiger charge is -2.04. The van der Waals surface area contributed by atoms with Crippen LogP contribution in [0.1, 0.15) is 30.7 Å². The Labute approximate surface area is 100 Å². The molecule has 90 valence electrons. The molecule has 1 N–H and O–H groups in total. The molecule has 0 aliphatic carbocycles. The molecule has 0 atom stereocenters. The molecular formula is C12H16N4O. The van der Waals surface area contributed by atoms with Crippen molar-refractivity contribution in [3.05, 3.63) is 35.9 Å². The SMILES string of the molecule is CCCc1cc(NCc2ncc(C)o2)ncn1. The number of nitrogens with one attached hydrogen (secondary N) is 1. The molecular weight excluding hydrogens is 216 g/mol. The molecule has 0 spiro atoms. The van der Waals surface area contributed by atoms with E-state index in [-0.39, 0.29) is 0 Å². The Hall–Kier alpha value is -1.91. The van der Waals surface area contributed by atoms with Gasteiger partial charge in [-0.3, -0.25) is 0 Å². The number of hydrogen-bond acceptors (Lipinski definition) is 5. The average Bonchev–Trinajstić information content (AvgIpc) is 2.74. The Morgan fingerprint density at radius 1 is 1.29 bits per heavy atom. The number of hydrogen-bond donors (Lipinski definition) is 1. The molecule has 2 rings (SSSR count). The first kappa shape index (κ1) is 11.6. The zero-order valence-electron chi connectivity index (χ0n) is 10.1. The molecule has 0 aromatic carbocycles. The number of aromatic nitrogens is 3. The van der Waals surface area contributed by atoms with E-state index in [9.17, 15) is 0 Å². The molecule has 2 heterocycles. The van der Waals surface area contributed by atoms with E-state index in [1.165, 1.54) is 0 Å². The highest BCUT2D eigenvalue weighted by molar-refractivity contribution is 5.34. The molecule has 0 bridgehead atoms. The normalized spacial score (nSPS) is 10.5. The second-order valence-electron chi connectivity index (χ2n) is 3.86. The number of aryl methyl sites for hydroxylation is 2. The molecule has 0 unspecified atom stereocenters. The fourth-order valence-electron chi connectivity index (χ4n) is 1.54. The maximum atomic E-state index is 5.37. The smallest absolute Gasteiger partial charge is 0.213 e. The van der Waals surface area contributed by atoms with E-state index >= 15 is 0 Å². The fraction of sp³-hybridized carbons (Fsp3) is 0.417. The van der Waals surface area contributed by atoms with Gasteiger partial charge in [0, 0.05) is 11.8 Å². The molecule has 0 radical (unpaired) electrons. The van der Waals surface area contributed by atoms with Crippen LogP contribution in [0.25, 0.3) is 0 Å². The molecule has 0 aliphatic heterocycles. The fourth-order valence-corrected chi connectivity index (χ4v) is 1.54. The van der Waals surface area contributed by atoms with Gasteiger partial charge in [-0.2, -0.15) is 0 Å². The van der Waals surface area contributed by atoms with Crippen molar-refractivity contribution in [2.75, 3.05) is 5.32 Å². The zero-order valence-corrected chi connectivity index (χ0v) is 10.1. The van der Waals surface area contributed by atoms with Gasteiger partial charge in [-0.15, -0.1) is 0 Å². The van der Waals surface area contributed by atoms with E-state index in [1.54, 1.807) is 12.5 Å². The quantitative estimate of drug-likeness (QED) is 0.857. The molecule has 0 fully saturated rings. The Bertz CT molecular complexity index is 481.